The first-order valence-electron chi connectivity index (χ1n) is 6.40. The van der Waals surface area contributed by atoms with Crippen molar-refractivity contribution in [2.75, 3.05) is 0 Å². The van der Waals surface area contributed by atoms with Crippen LogP contribution in [0.4, 0.5) is 0 Å². The number of carbonyl (C=O) groups excluding carboxylic acids is 1. The van der Waals surface area contributed by atoms with Gasteiger partial charge in [-0.05, 0) is 24.3 Å². The third-order valence-electron chi connectivity index (χ3n) is 2.67. The molecule has 0 bridgehead atoms. The minimum Gasteiger partial charge on any atom is -0.478 e. The van der Waals surface area contributed by atoms with Crippen LogP contribution in [-0.4, -0.2) is 39.5 Å². The quantitative estimate of drug-likeness (QED) is 0.526. The molecule has 0 saturated heterocycles. The number of hydrogen-bond donors (Lipinski definition) is 3. The molecule has 0 aliphatic rings. The molecule has 9 nitrogen and oxygen atoms in total. The summed E-state index contributed by atoms with van der Waals surface area (Å²) in [5.74, 6) is -3.82. The first kappa shape index (κ1) is 19.2. The van der Waals surface area contributed by atoms with Crippen LogP contribution in [0.25, 0.3) is 11.1 Å². The summed E-state index contributed by atoms with van der Waals surface area (Å²) in [7, 11) is 0. The van der Waals surface area contributed by atoms with Crippen molar-refractivity contribution in [2.24, 2.45) is 0 Å². The summed E-state index contributed by atoms with van der Waals surface area (Å²) in [6, 6.07) is 5.20. The van der Waals surface area contributed by atoms with Crippen LogP contribution in [0.5, 0.6) is 0 Å². The third kappa shape index (κ3) is 5.06. The van der Waals surface area contributed by atoms with Gasteiger partial charge < -0.3 is 24.2 Å². The molecule has 0 radical (unpaired) electrons. The van der Waals surface area contributed by atoms with Crippen LogP contribution in [0.3, 0.4) is 0 Å². The van der Waals surface area contributed by atoms with Crippen molar-refractivity contribution >= 4 is 35.3 Å². The molecule has 9 heteroatoms. The Morgan fingerprint density at radius 2 is 1.24 bits per heavy atom. The zero-order chi connectivity index (χ0) is 19.1. The van der Waals surface area contributed by atoms with Gasteiger partial charge in [-0.1, -0.05) is 13.2 Å². The zero-order valence-electron chi connectivity index (χ0n) is 12.6. The Morgan fingerprint density at radius 3 is 1.60 bits per heavy atom. The van der Waals surface area contributed by atoms with Crippen LogP contribution in [0.1, 0.15) is 32.6 Å². The second kappa shape index (κ2) is 8.11. The average Bonchev–Trinajstić information content (AvgIpc) is 3.23. The molecule has 2 aromatic heterocycles. The van der Waals surface area contributed by atoms with E-state index in [4.69, 9.17) is 19.7 Å². The topological polar surface area (TPSA) is 155 Å². The predicted octanol–water partition coefficient (Wildman–Crippen LogP) is 2.27. The Labute approximate surface area is 140 Å². The summed E-state index contributed by atoms with van der Waals surface area (Å²) < 4.78 is 9.50. The molecule has 0 saturated carbocycles. The van der Waals surface area contributed by atoms with Gasteiger partial charge in [0.1, 0.15) is 11.5 Å². The maximum absolute atomic E-state index is 10.4. The third-order valence-corrected chi connectivity index (χ3v) is 2.67. The smallest absolute Gasteiger partial charge is 0.371 e. The molecule has 2 heterocycles. The average molecular weight is 348 g/mol. The molecule has 2 aromatic rings. The molecule has 0 unspecified atom stereocenters. The van der Waals surface area contributed by atoms with Crippen molar-refractivity contribution in [3.05, 3.63) is 60.5 Å². The molecular weight excluding hydrogens is 336 g/mol. The summed E-state index contributed by atoms with van der Waals surface area (Å²) in [5.41, 5.74) is -0.435. The summed E-state index contributed by atoms with van der Waals surface area (Å²) in [4.78, 5) is 41.2. The van der Waals surface area contributed by atoms with Crippen molar-refractivity contribution in [3.63, 3.8) is 0 Å². The minimum atomic E-state index is -1.25. The van der Waals surface area contributed by atoms with Gasteiger partial charge >= 0.3 is 17.9 Å². The van der Waals surface area contributed by atoms with Crippen molar-refractivity contribution in [1.29, 1.82) is 0 Å². The Morgan fingerprint density at radius 1 is 0.800 bits per heavy atom. The van der Waals surface area contributed by atoms with E-state index in [2.05, 4.69) is 17.6 Å². The minimum absolute atomic E-state index is 0.0510. The lowest BCUT2D eigenvalue weighted by Crippen LogP contribution is -1.97. The second-order valence-corrected chi connectivity index (χ2v) is 4.36. The van der Waals surface area contributed by atoms with Gasteiger partial charge in [0, 0.05) is 0 Å². The second-order valence-electron chi connectivity index (χ2n) is 4.36. The zero-order valence-corrected chi connectivity index (χ0v) is 12.6. The first-order chi connectivity index (χ1) is 11.7. The van der Waals surface area contributed by atoms with Crippen LogP contribution >= 0.6 is 0 Å². The fourth-order valence-corrected chi connectivity index (χ4v) is 1.40. The van der Waals surface area contributed by atoms with Gasteiger partial charge in [0.2, 0.25) is 5.76 Å². The van der Waals surface area contributed by atoms with E-state index in [1.165, 1.54) is 24.3 Å². The Hall–Kier alpha value is -3.88. The lowest BCUT2D eigenvalue weighted by Gasteiger charge is -1.92. The van der Waals surface area contributed by atoms with Crippen LogP contribution < -0.4 is 0 Å². The number of aldehydes is 1. The van der Waals surface area contributed by atoms with Crippen molar-refractivity contribution in [2.45, 2.75) is 0 Å². The molecule has 0 atom stereocenters. The Kier molecular flexibility index (Phi) is 6.22. The van der Waals surface area contributed by atoms with E-state index in [0.717, 1.165) is 0 Å². The lowest BCUT2D eigenvalue weighted by molar-refractivity contribution is -0.131. The molecule has 0 amide bonds. The highest BCUT2D eigenvalue weighted by molar-refractivity contribution is 6.14. The van der Waals surface area contributed by atoms with E-state index in [1.54, 1.807) is 0 Å². The molecular formula is C16H12O9. The molecule has 25 heavy (non-hydrogen) atoms. The van der Waals surface area contributed by atoms with Crippen molar-refractivity contribution in [1.82, 2.24) is 0 Å². The molecule has 0 aliphatic carbocycles. The van der Waals surface area contributed by atoms with E-state index < -0.39 is 17.9 Å². The van der Waals surface area contributed by atoms with Crippen LogP contribution in [0, 0.1) is 0 Å². The highest BCUT2D eigenvalue weighted by atomic mass is 16.4. The fraction of sp³-hybridized carbons (Fsp3) is 0. The number of hydrogen-bond acceptors (Lipinski definition) is 6. The van der Waals surface area contributed by atoms with Gasteiger partial charge in [0.25, 0.3) is 0 Å². The number of furan rings is 2. The largest absolute Gasteiger partial charge is 0.478 e. The number of aromatic carboxylic acids is 1. The van der Waals surface area contributed by atoms with Crippen LogP contribution in [-0.2, 0) is 9.59 Å². The van der Waals surface area contributed by atoms with Gasteiger partial charge in [-0.15, -0.1) is 0 Å². The van der Waals surface area contributed by atoms with Gasteiger partial charge in [-0.2, -0.15) is 0 Å². The summed E-state index contributed by atoms with van der Waals surface area (Å²) in [6.07, 6.45) is 0.499. The molecule has 2 rings (SSSR count). The van der Waals surface area contributed by atoms with E-state index in [0.29, 0.717) is 6.29 Å². The number of carboxylic acids is 3. The molecule has 0 aromatic carbocycles. The van der Waals surface area contributed by atoms with E-state index in [9.17, 15) is 19.2 Å². The van der Waals surface area contributed by atoms with Crippen molar-refractivity contribution in [3.8, 4) is 0 Å². The normalized spacial score (nSPS) is 9.44. The highest BCUT2D eigenvalue weighted by Crippen LogP contribution is 2.16. The number of carbonyl (C=O) groups is 4. The Balaban J connectivity index is 0.000000251. The number of carboxylic acid groups (broad SMARTS) is 3. The molecule has 0 aliphatic heterocycles. The van der Waals surface area contributed by atoms with Crippen molar-refractivity contribution < 1.29 is 43.3 Å². The maximum atomic E-state index is 10.4. The number of rotatable bonds is 6. The van der Waals surface area contributed by atoms with Crippen LogP contribution in [0.2, 0.25) is 0 Å². The van der Waals surface area contributed by atoms with Gasteiger partial charge in [-0.3, -0.25) is 4.79 Å². The molecule has 130 valence electrons. The van der Waals surface area contributed by atoms with Gasteiger partial charge in [0.05, 0.1) is 11.1 Å². The highest BCUT2D eigenvalue weighted by Gasteiger charge is 2.14. The van der Waals surface area contributed by atoms with E-state index in [1.807, 2.05) is 0 Å². The summed E-state index contributed by atoms with van der Waals surface area (Å²) >= 11 is 0. The number of aliphatic carboxylic acids is 2. The Bertz CT molecular complexity index is 851. The molecule has 0 spiro atoms. The lowest BCUT2D eigenvalue weighted by atomic mass is 10.2. The van der Waals surface area contributed by atoms with E-state index >= 15 is 0 Å². The van der Waals surface area contributed by atoms with Crippen LogP contribution in [0.15, 0.2) is 46.3 Å². The summed E-state index contributed by atoms with van der Waals surface area (Å²) in [5, 5.41) is 25.4. The summed E-state index contributed by atoms with van der Waals surface area (Å²) in [6.45, 7) is 6.47. The van der Waals surface area contributed by atoms with Gasteiger partial charge in [-0.25, -0.2) is 14.4 Å². The SMILES string of the molecule is C=C(C(=O)O)c1ccc(C(=O)O)o1.C=C(C(=O)O)c1ccc(C=O)o1. The molecule has 0 fully saturated rings. The first-order valence-corrected chi connectivity index (χ1v) is 6.40. The monoisotopic (exact) mass is 348 g/mol. The van der Waals surface area contributed by atoms with E-state index in [-0.39, 0.29) is 34.2 Å². The fourth-order valence-electron chi connectivity index (χ4n) is 1.40. The maximum Gasteiger partial charge on any atom is 0.371 e. The molecule has 3 N–H and O–H groups in total. The standard InChI is InChI=1S/C8H6O5.C8H6O4/c1-4(7(9)10)5-2-3-6(13-5)8(11)12;1-5(8(10)11)7-3-2-6(4-9)12-7/h2-3H,1H2,(H,9,10)(H,11,12);2-4H,1H2,(H,10,11). The van der Waals surface area contributed by atoms with Gasteiger partial charge in [0.15, 0.2) is 12.0 Å². The predicted molar refractivity (Wildman–Crippen MR) is 83.1 cm³/mol.